The first kappa shape index (κ1) is 12.8. The summed E-state index contributed by atoms with van der Waals surface area (Å²) in [6.07, 6.45) is -6.04. The summed E-state index contributed by atoms with van der Waals surface area (Å²) in [5.41, 5.74) is 0. The highest BCUT2D eigenvalue weighted by Gasteiger charge is 2.31. The SMILES string of the molecule is O=C(Cl)CCSC(=O)CC(F)(F)F. The van der Waals surface area contributed by atoms with Crippen LogP contribution in [0.1, 0.15) is 12.8 Å². The summed E-state index contributed by atoms with van der Waals surface area (Å²) in [4.78, 5) is 20.7. The van der Waals surface area contributed by atoms with Gasteiger partial charge in [0.15, 0.2) is 5.12 Å². The van der Waals surface area contributed by atoms with Gasteiger partial charge in [0, 0.05) is 12.2 Å². The van der Waals surface area contributed by atoms with Crippen LogP contribution in [0.25, 0.3) is 0 Å². The van der Waals surface area contributed by atoms with E-state index in [-0.39, 0.29) is 12.2 Å². The molecular weight excluding hydrogens is 229 g/mol. The lowest BCUT2D eigenvalue weighted by molar-refractivity contribution is -0.146. The van der Waals surface area contributed by atoms with E-state index in [4.69, 9.17) is 11.6 Å². The molecule has 0 fully saturated rings. The summed E-state index contributed by atoms with van der Waals surface area (Å²) >= 11 is 5.38. The Bertz CT molecular complexity index is 205. The van der Waals surface area contributed by atoms with E-state index >= 15 is 0 Å². The lowest BCUT2D eigenvalue weighted by Crippen LogP contribution is -2.12. The predicted octanol–water partition coefficient (Wildman–Crippen LogP) is 2.35. The molecule has 0 atom stereocenters. The number of alkyl halides is 3. The third kappa shape index (κ3) is 9.69. The fourth-order valence-electron chi connectivity index (χ4n) is 0.460. The van der Waals surface area contributed by atoms with Crippen LogP contribution in [0.4, 0.5) is 13.2 Å². The van der Waals surface area contributed by atoms with E-state index in [1.807, 2.05) is 0 Å². The van der Waals surface area contributed by atoms with Gasteiger partial charge in [0.25, 0.3) is 0 Å². The second-order valence-corrected chi connectivity index (χ2v) is 3.69. The van der Waals surface area contributed by atoms with Crippen LogP contribution in [0.2, 0.25) is 0 Å². The number of rotatable bonds is 4. The van der Waals surface area contributed by atoms with E-state index in [0.29, 0.717) is 11.8 Å². The first-order chi connectivity index (χ1) is 5.81. The summed E-state index contributed by atoms with van der Waals surface area (Å²) in [7, 11) is 0. The van der Waals surface area contributed by atoms with Gasteiger partial charge in [-0.2, -0.15) is 13.2 Å². The molecule has 0 saturated carbocycles. The Morgan fingerprint density at radius 2 is 1.85 bits per heavy atom. The molecule has 0 aliphatic heterocycles. The van der Waals surface area contributed by atoms with Crippen molar-refractivity contribution in [1.82, 2.24) is 0 Å². The molecule has 0 bridgehead atoms. The lowest BCUT2D eigenvalue weighted by atomic mass is 10.5. The molecule has 0 unspecified atom stereocenters. The normalized spacial score (nSPS) is 11.4. The third-order valence-corrected chi connectivity index (χ3v) is 1.97. The molecule has 0 aromatic heterocycles. The first-order valence-corrected chi connectivity index (χ1v) is 4.58. The maximum atomic E-state index is 11.6. The van der Waals surface area contributed by atoms with Crippen molar-refractivity contribution < 1.29 is 22.8 Å². The quantitative estimate of drug-likeness (QED) is 0.701. The zero-order chi connectivity index (χ0) is 10.5. The van der Waals surface area contributed by atoms with Crippen LogP contribution >= 0.6 is 23.4 Å². The van der Waals surface area contributed by atoms with Crippen LogP contribution in [0, 0.1) is 0 Å². The monoisotopic (exact) mass is 234 g/mol. The number of hydrogen-bond acceptors (Lipinski definition) is 3. The zero-order valence-corrected chi connectivity index (χ0v) is 7.93. The molecule has 0 rings (SSSR count). The fourth-order valence-corrected chi connectivity index (χ4v) is 1.45. The molecule has 0 heterocycles. The van der Waals surface area contributed by atoms with E-state index in [2.05, 4.69) is 0 Å². The van der Waals surface area contributed by atoms with Crippen molar-refractivity contribution in [3.05, 3.63) is 0 Å². The molecule has 0 aromatic carbocycles. The van der Waals surface area contributed by atoms with Crippen LogP contribution in [-0.2, 0) is 9.59 Å². The second kappa shape index (κ2) is 5.49. The van der Waals surface area contributed by atoms with Gasteiger partial charge in [-0.1, -0.05) is 11.8 Å². The summed E-state index contributed by atoms with van der Waals surface area (Å²) in [5, 5.41) is -1.65. The van der Waals surface area contributed by atoms with Gasteiger partial charge >= 0.3 is 6.18 Å². The van der Waals surface area contributed by atoms with Crippen LogP contribution < -0.4 is 0 Å². The Balaban J connectivity index is 3.59. The smallest absolute Gasteiger partial charge is 0.287 e. The summed E-state index contributed by atoms with van der Waals surface area (Å²) in [6, 6.07) is 0. The molecule has 76 valence electrons. The van der Waals surface area contributed by atoms with Crippen LogP contribution in [0.15, 0.2) is 0 Å². The molecule has 0 aliphatic carbocycles. The Labute approximate surface area is 81.8 Å². The van der Waals surface area contributed by atoms with Gasteiger partial charge in [-0.25, -0.2) is 0 Å². The Kier molecular flexibility index (Phi) is 5.39. The Morgan fingerprint density at radius 1 is 1.31 bits per heavy atom. The second-order valence-electron chi connectivity index (χ2n) is 2.12. The molecule has 0 spiro atoms. The average Bonchev–Trinajstić information content (AvgIpc) is 1.81. The van der Waals surface area contributed by atoms with Crippen LogP contribution in [0.5, 0.6) is 0 Å². The Hall–Kier alpha value is -0.230. The van der Waals surface area contributed by atoms with Gasteiger partial charge in [-0.05, 0) is 11.6 Å². The van der Waals surface area contributed by atoms with Crippen molar-refractivity contribution in [3.63, 3.8) is 0 Å². The third-order valence-electron chi connectivity index (χ3n) is 0.906. The van der Waals surface area contributed by atoms with E-state index in [9.17, 15) is 22.8 Å². The zero-order valence-electron chi connectivity index (χ0n) is 6.36. The number of halogens is 4. The van der Waals surface area contributed by atoms with Crippen LogP contribution in [0.3, 0.4) is 0 Å². The molecule has 0 N–H and O–H groups in total. The van der Waals surface area contributed by atoms with Crippen molar-refractivity contribution in [2.24, 2.45) is 0 Å². The van der Waals surface area contributed by atoms with E-state index in [1.165, 1.54) is 0 Å². The van der Waals surface area contributed by atoms with E-state index < -0.39 is 23.0 Å². The van der Waals surface area contributed by atoms with Gasteiger partial charge in [-0.15, -0.1) is 0 Å². The largest absolute Gasteiger partial charge is 0.396 e. The van der Waals surface area contributed by atoms with Crippen molar-refractivity contribution in [2.45, 2.75) is 19.0 Å². The summed E-state index contributed by atoms with van der Waals surface area (Å²) < 4.78 is 34.7. The molecule has 0 saturated heterocycles. The lowest BCUT2D eigenvalue weighted by Gasteiger charge is -2.03. The highest BCUT2D eigenvalue weighted by molar-refractivity contribution is 8.13. The molecule has 7 heteroatoms. The summed E-state index contributed by atoms with van der Waals surface area (Å²) in [5.74, 6) is -0.00273. The molecule has 0 aliphatic rings. The number of thioether (sulfide) groups is 1. The predicted molar refractivity (Wildman–Crippen MR) is 43.6 cm³/mol. The standard InChI is InChI=1S/C6H6ClF3O2S/c7-4(11)1-2-13-5(12)3-6(8,9)10/h1-3H2. The number of hydrogen-bond donors (Lipinski definition) is 0. The minimum Gasteiger partial charge on any atom is -0.287 e. The maximum Gasteiger partial charge on any atom is 0.396 e. The average molecular weight is 235 g/mol. The van der Waals surface area contributed by atoms with Gasteiger partial charge in [0.1, 0.15) is 6.42 Å². The topological polar surface area (TPSA) is 34.1 Å². The van der Waals surface area contributed by atoms with Crippen molar-refractivity contribution in [3.8, 4) is 0 Å². The van der Waals surface area contributed by atoms with Gasteiger partial charge in [-0.3, -0.25) is 9.59 Å². The van der Waals surface area contributed by atoms with Crippen molar-refractivity contribution in [2.75, 3.05) is 5.75 Å². The fraction of sp³-hybridized carbons (Fsp3) is 0.667. The Morgan fingerprint density at radius 3 is 2.23 bits per heavy atom. The molecule has 2 nitrogen and oxygen atoms in total. The number of carbonyl (C=O) groups excluding carboxylic acids is 2. The van der Waals surface area contributed by atoms with Gasteiger partial charge < -0.3 is 0 Å². The first-order valence-electron chi connectivity index (χ1n) is 3.22. The van der Waals surface area contributed by atoms with E-state index in [1.54, 1.807) is 0 Å². The highest BCUT2D eigenvalue weighted by atomic mass is 35.5. The van der Waals surface area contributed by atoms with Crippen molar-refractivity contribution >= 4 is 33.7 Å². The summed E-state index contributed by atoms with van der Waals surface area (Å²) in [6.45, 7) is 0. The molecule has 0 amide bonds. The van der Waals surface area contributed by atoms with Crippen LogP contribution in [-0.4, -0.2) is 22.3 Å². The molecule has 0 radical (unpaired) electrons. The van der Waals surface area contributed by atoms with Gasteiger partial charge in [0.2, 0.25) is 5.24 Å². The van der Waals surface area contributed by atoms with E-state index in [0.717, 1.165) is 0 Å². The van der Waals surface area contributed by atoms with Crippen molar-refractivity contribution in [1.29, 1.82) is 0 Å². The highest BCUT2D eigenvalue weighted by Crippen LogP contribution is 2.23. The van der Waals surface area contributed by atoms with Gasteiger partial charge in [0.05, 0.1) is 0 Å². The molecular formula is C6H6ClF3O2S. The minimum absolute atomic E-state index is 0.00273. The maximum absolute atomic E-state index is 11.6. The molecule has 13 heavy (non-hydrogen) atoms. The molecule has 0 aromatic rings. The minimum atomic E-state index is -4.48. The number of carbonyl (C=O) groups is 2.